The van der Waals surface area contributed by atoms with Crippen molar-refractivity contribution in [1.82, 2.24) is 0 Å². The highest BCUT2D eigenvalue weighted by molar-refractivity contribution is 7.09. The first-order chi connectivity index (χ1) is 20.3. The highest BCUT2D eigenvalue weighted by Gasteiger charge is 2.20. The Morgan fingerprint density at radius 2 is 1.52 bits per heavy atom. The van der Waals surface area contributed by atoms with E-state index in [1.807, 2.05) is 12.1 Å². The van der Waals surface area contributed by atoms with E-state index in [1.165, 1.54) is 86.8 Å². The highest BCUT2D eigenvalue weighted by atomic mass is 32.1. The molecule has 5 heteroatoms. The summed E-state index contributed by atoms with van der Waals surface area (Å²) in [5, 5.41) is 6.46. The van der Waals surface area contributed by atoms with Crippen molar-refractivity contribution >= 4 is 22.9 Å². The second kappa shape index (κ2) is 18.1. The maximum Gasteiger partial charge on any atom is 0.234 e. The van der Waals surface area contributed by atoms with Crippen molar-refractivity contribution in [3.05, 3.63) is 75.7 Å². The number of aryl methyl sites for hydroxylation is 1. The van der Waals surface area contributed by atoms with Gasteiger partial charge in [0.2, 0.25) is 10.9 Å². The molecule has 1 amide bonds. The fourth-order valence-corrected chi connectivity index (χ4v) is 6.08. The molecule has 1 heterocycles. The van der Waals surface area contributed by atoms with Crippen LogP contribution in [0.3, 0.4) is 0 Å². The van der Waals surface area contributed by atoms with Gasteiger partial charge in [-0.1, -0.05) is 134 Å². The average Bonchev–Trinajstić information content (AvgIpc) is 3.34. The van der Waals surface area contributed by atoms with Crippen LogP contribution in [0.15, 0.2) is 54.0 Å². The number of unbranched alkanes of at least 4 members (excludes halogenated alkanes) is 11. The monoisotopic (exact) mass is 591 g/mol. The first kappa shape index (κ1) is 33.8. The Morgan fingerprint density at radius 1 is 0.857 bits per heavy atom. The second-order valence-electron chi connectivity index (χ2n) is 12.8. The van der Waals surface area contributed by atoms with Gasteiger partial charge in [-0.3, -0.25) is 4.79 Å². The normalized spacial score (nSPS) is 11.5. The van der Waals surface area contributed by atoms with Crippen molar-refractivity contribution < 1.29 is 14.1 Å². The van der Waals surface area contributed by atoms with Gasteiger partial charge in [-0.05, 0) is 41.2 Å². The minimum absolute atomic E-state index is 0.0121. The molecule has 230 valence electrons. The van der Waals surface area contributed by atoms with Crippen LogP contribution in [0, 0.1) is 6.92 Å². The molecule has 0 fully saturated rings. The van der Waals surface area contributed by atoms with Crippen molar-refractivity contribution in [3.63, 3.8) is 0 Å². The third-order valence-corrected chi connectivity index (χ3v) is 8.76. The van der Waals surface area contributed by atoms with Crippen molar-refractivity contribution in [3.8, 4) is 5.75 Å². The first-order valence-electron chi connectivity index (χ1n) is 16.3. The van der Waals surface area contributed by atoms with Crippen molar-refractivity contribution in [2.75, 3.05) is 11.9 Å². The average molecular weight is 592 g/mol. The number of carbonyl (C=O) groups excluding carboxylic acids is 1. The molecule has 0 aliphatic heterocycles. The molecule has 0 radical (unpaired) electrons. The Labute approximate surface area is 259 Å². The fraction of sp³-hybridized carbons (Fsp3) is 0.568. The SMILES string of the molecule is CCCCCCCCCCCCCCOc1cc(CC(=O)Nc2cccc(C[n+]3ccsc3C)c2)ccc1C(C)(C)C. The lowest BCUT2D eigenvalue weighted by atomic mass is 9.85. The second-order valence-corrected chi connectivity index (χ2v) is 13.9. The van der Waals surface area contributed by atoms with Crippen LogP contribution in [0.5, 0.6) is 5.75 Å². The van der Waals surface area contributed by atoms with Gasteiger partial charge in [-0.25, -0.2) is 0 Å². The fourth-order valence-electron chi connectivity index (χ4n) is 5.41. The Balaban J connectivity index is 1.44. The van der Waals surface area contributed by atoms with Crippen LogP contribution < -0.4 is 14.6 Å². The molecule has 0 atom stereocenters. The van der Waals surface area contributed by atoms with Gasteiger partial charge in [-0.2, -0.15) is 4.57 Å². The summed E-state index contributed by atoms with van der Waals surface area (Å²) in [6.07, 6.45) is 18.4. The van der Waals surface area contributed by atoms with Gasteiger partial charge in [0.05, 0.1) is 18.4 Å². The van der Waals surface area contributed by atoms with Gasteiger partial charge in [-0.15, -0.1) is 0 Å². The van der Waals surface area contributed by atoms with Crippen LogP contribution in [-0.2, 0) is 23.2 Å². The van der Waals surface area contributed by atoms with Crippen LogP contribution in [0.25, 0.3) is 0 Å². The number of ether oxygens (including phenoxy) is 1. The summed E-state index contributed by atoms with van der Waals surface area (Å²) in [5.41, 5.74) is 4.15. The maximum atomic E-state index is 13.0. The number of amides is 1. The van der Waals surface area contributed by atoms with Crippen LogP contribution in [-0.4, -0.2) is 12.5 Å². The van der Waals surface area contributed by atoms with Gasteiger partial charge in [0.1, 0.15) is 5.75 Å². The topological polar surface area (TPSA) is 42.2 Å². The summed E-state index contributed by atoms with van der Waals surface area (Å²) < 4.78 is 8.56. The van der Waals surface area contributed by atoms with Crippen molar-refractivity contribution in [1.29, 1.82) is 0 Å². The summed E-state index contributed by atoms with van der Waals surface area (Å²) in [6.45, 7) is 12.6. The minimum Gasteiger partial charge on any atom is -0.493 e. The van der Waals surface area contributed by atoms with E-state index >= 15 is 0 Å². The molecule has 0 saturated carbocycles. The number of aromatic nitrogens is 1. The van der Waals surface area contributed by atoms with Crippen molar-refractivity contribution in [2.45, 2.75) is 130 Å². The Bertz CT molecular complexity index is 1210. The number of benzene rings is 2. The molecule has 0 saturated heterocycles. The molecule has 3 aromatic rings. The van der Waals surface area contributed by atoms with Crippen LogP contribution >= 0.6 is 11.3 Å². The third kappa shape index (κ3) is 12.3. The Kier molecular flexibility index (Phi) is 14.6. The van der Waals surface area contributed by atoms with E-state index in [-0.39, 0.29) is 11.3 Å². The lowest BCUT2D eigenvalue weighted by Gasteiger charge is -2.23. The summed E-state index contributed by atoms with van der Waals surface area (Å²) in [6, 6.07) is 14.4. The largest absolute Gasteiger partial charge is 0.493 e. The maximum absolute atomic E-state index is 13.0. The zero-order valence-corrected chi connectivity index (χ0v) is 27.8. The van der Waals surface area contributed by atoms with E-state index in [9.17, 15) is 4.79 Å². The summed E-state index contributed by atoms with van der Waals surface area (Å²) >= 11 is 1.74. The standard InChI is InChI=1S/C37H54N2O2S/c1-6-7-8-9-10-11-12-13-14-15-16-17-24-41-35-27-31(21-22-34(35)37(3,4)5)28-36(40)38-33-20-18-19-32(26-33)29-39-23-25-42-30(39)2/h18-23,25-27H,6-17,24,28-29H2,1-5H3/p+1. The van der Waals surface area contributed by atoms with E-state index in [0.717, 1.165) is 36.6 Å². The lowest BCUT2D eigenvalue weighted by molar-refractivity contribution is -0.689. The van der Waals surface area contributed by atoms with E-state index in [0.29, 0.717) is 6.42 Å². The van der Waals surface area contributed by atoms with Crippen LogP contribution in [0.4, 0.5) is 5.69 Å². The molecule has 3 rings (SSSR count). The number of rotatable bonds is 19. The smallest absolute Gasteiger partial charge is 0.234 e. The molecule has 1 N–H and O–H groups in total. The number of nitrogens with zero attached hydrogens (tertiary/aromatic N) is 1. The van der Waals surface area contributed by atoms with Crippen LogP contribution in [0.2, 0.25) is 0 Å². The van der Waals surface area contributed by atoms with E-state index in [4.69, 9.17) is 4.74 Å². The lowest BCUT2D eigenvalue weighted by Crippen LogP contribution is -2.34. The summed E-state index contributed by atoms with van der Waals surface area (Å²) in [4.78, 5) is 13.0. The zero-order chi connectivity index (χ0) is 30.2. The molecule has 0 bridgehead atoms. The molecule has 2 aromatic carbocycles. The zero-order valence-electron chi connectivity index (χ0n) is 27.0. The number of hydrogen-bond acceptors (Lipinski definition) is 3. The van der Waals surface area contributed by atoms with E-state index < -0.39 is 0 Å². The molecule has 0 aliphatic carbocycles. The van der Waals surface area contributed by atoms with Gasteiger partial charge in [0.25, 0.3) is 0 Å². The Hall–Kier alpha value is -2.66. The summed E-state index contributed by atoms with van der Waals surface area (Å²) in [5.74, 6) is 0.906. The van der Waals surface area contributed by atoms with Gasteiger partial charge in [0, 0.05) is 18.2 Å². The molecule has 0 unspecified atom stereocenters. The minimum atomic E-state index is -0.0219. The number of hydrogen-bond donors (Lipinski definition) is 1. The van der Waals surface area contributed by atoms with E-state index in [2.05, 4.69) is 86.4 Å². The van der Waals surface area contributed by atoms with E-state index in [1.54, 1.807) is 11.3 Å². The predicted octanol–water partition coefficient (Wildman–Crippen LogP) is 9.95. The first-order valence-corrected chi connectivity index (χ1v) is 17.2. The van der Waals surface area contributed by atoms with Gasteiger partial charge in [0.15, 0.2) is 12.7 Å². The molecule has 4 nitrogen and oxygen atoms in total. The van der Waals surface area contributed by atoms with Gasteiger partial charge >= 0.3 is 0 Å². The molecular weight excluding hydrogens is 536 g/mol. The number of nitrogens with one attached hydrogen (secondary N) is 1. The highest BCUT2D eigenvalue weighted by Crippen LogP contribution is 2.32. The molecule has 42 heavy (non-hydrogen) atoms. The molecule has 0 spiro atoms. The quantitative estimate of drug-likeness (QED) is 0.111. The predicted molar refractivity (Wildman–Crippen MR) is 179 cm³/mol. The van der Waals surface area contributed by atoms with Crippen molar-refractivity contribution in [2.24, 2.45) is 0 Å². The molecular formula is C37H55N2O2S+. The molecule has 0 aliphatic rings. The summed E-state index contributed by atoms with van der Waals surface area (Å²) in [7, 11) is 0. The number of anilines is 1. The number of carbonyl (C=O) groups is 1. The van der Waals surface area contributed by atoms with Crippen LogP contribution in [0.1, 0.15) is 126 Å². The van der Waals surface area contributed by atoms with Gasteiger partial charge < -0.3 is 10.1 Å². The number of thiazole rings is 1. The molecule has 1 aromatic heterocycles. The Morgan fingerprint density at radius 3 is 2.14 bits per heavy atom. The third-order valence-electron chi connectivity index (χ3n) is 7.92.